The lowest BCUT2D eigenvalue weighted by Gasteiger charge is -2.36. The SMILES string of the molecule is CCOC(=O)C1=C(CN2CCN(C)CC2)NC(=O)N[C@@H]1c1ccccc1C. The molecule has 1 aromatic rings. The number of ether oxygens (including phenoxy) is 1. The maximum Gasteiger partial charge on any atom is 0.338 e. The molecule has 0 saturated carbocycles. The summed E-state index contributed by atoms with van der Waals surface area (Å²) in [5.41, 5.74) is 3.05. The van der Waals surface area contributed by atoms with Crippen LogP contribution >= 0.6 is 0 Å². The number of hydrogen-bond donors (Lipinski definition) is 2. The van der Waals surface area contributed by atoms with E-state index >= 15 is 0 Å². The van der Waals surface area contributed by atoms with Crippen LogP contribution in [0.15, 0.2) is 35.5 Å². The fraction of sp³-hybridized carbons (Fsp3) is 0.500. The summed E-state index contributed by atoms with van der Waals surface area (Å²) in [4.78, 5) is 29.7. The lowest BCUT2D eigenvalue weighted by molar-refractivity contribution is -0.139. The normalized spacial score (nSPS) is 21.6. The van der Waals surface area contributed by atoms with Crippen molar-refractivity contribution < 1.29 is 14.3 Å². The van der Waals surface area contributed by atoms with Gasteiger partial charge in [-0.05, 0) is 32.0 Å². The van der Waals surface area contributed by atoms with Gasteiger partial charge in [0, 0.05) is 38.4 Å². The summed E-state index contributed by atoms with van der Waals surface area (Å²) < 4.78 is 5.33. The summed E-state index contributed by atoms with van der Waals surface area (Å²) in [6.07, 6.45) is 0. The Kier molecular flexibility index (Phi) is 6.13. The Morgan fingerprint density at radius 3 is 2.59 bits per heavy atom. The van der Waals surface area contributed by atoms with Crippen molar-refractivity contribution in [3.8, 4) is 0 Å². The number of benzene rings is 1. The van der Waals surface area contributed by atoms with Gasteiger partial charge in [-0.1, -0.05) is 24.3 Å². The second kappa shape index (κ2) is 8.54. The standard InChI is InChI=1S/C20H28N4O3/c1-4-27-19(25)17-16(13-24-11-9-23(3)10-12-24)21-20(26)22-18(17)15-8-6-5-7-14(15)2/h5-8,18H,4,9-13H2,1-3H3,(H2,21,22,26)/t18-/m1/s1. The van der Waals surface area contributed by atoms with E-state index in [1.54, 1.807) is 6.92 Å². The van der Waals surface area contributed by atoms with Gasteiger partial charge >= 0.3 is 12.0 Å². The first-order chi connectivity index (χ1) is 13.0. The molecular formula is C20H28N4O3. The third-order valence-corrected chi connectivity index (χ3v) is 5.13. The van der Waals surface area contributed by atoms with Crippen molar-refractivity contribution in [2.45, 2.75) is 19.9 Å². The molecule has 146 valence electrons. The van der Waals surface area contributed by atoms with Gasteiger partial charge in [-0.15, -0.1) is 0 Å². The minimum atomic E-state index is -0.513. The van der Waals surface area contributed by atoms with Crippen molar-refractivity contribution in [2.75, 3.05) is 46.4 Å². The number of carbonyl (C=O) groups excluding carboxylic acids is 2. The highest BCUT2D eigenvalue weighted by molar-refractivity contribution is 5.95. The molecule has 0 aromatic heterocycles. The van der Waals surface area contributed by atoms with Gasteiger partial charge in [0.2, 0.25) is 0 Å². The van der Waals surface area contributed by atoms with Crippen LogP contribution < -0.4 is 10.6 Å². The van der Waals surface area contributed by atoms with Crippen LogP contribution in [0.4, 0.5) is 4.79 Å². The highest BCUT2D eigenvalue weighted by atomic mass is 16.5. The van der Waals surface area contributed by atoms with Crippen molar-refractivity contribution in [3.63, 3.8) is 0 Å². The second-order valence-electron chi connectivity index (χ2n) is 7.08. The number of urea groups is 1. The quantitative estimate of drug-likeness (QED) is 0.765. The maximum absolute atomic E-state index is 12.8. The van der Waals surface area contributed by atoms with Crippen LogP contribution in [0.1, 0.15) is 24.1 Å². The number of likely N-dealkylation sites (N-methyl/N-ethyl adjacent to an activating group) is 1. The second-order valence-corrected chi connectivity index (χ2v) is 7.08. The molecule has 0 radical (unpaired) electrons. The molecule has 1 atom stereocenters. The molecule has 2 heterocycles. The largest absolute Gasteiger partial charge is 0.463 e. The van der Waals surface area contributed by atoms with Gasteiger partial charge in [-0.25, -0.2) is 9.59 Å². The van der Waals surface area contributed by atoms with Crippen LogP contribution in [0.25, 0.3) is 0 Å². The molecule has 1 fully saturated rings. The highest BCUT2D eigenvalue weighted by Gasteiger charge is 2.35. The molecule has 0 aliphatic carbocycles. The first kappa shape index (κ1) is 19.4. The van der Waals surface area contributed by atoms with Crippen LogP contribution in [0.2, 0.25) is 0 Å². The van der Waals surface area contributed by atoms with Gasteiger partial charge in [-0.3, -0.25) is 4.90 Å². The molecule has 1 saturated heterocycles. The van der Waals surface area contributed by atoms with Crippen LogP contribution in [-0.4, -0.2) is 68.2 Å². The number of nitrogens with one attached hydrogen (secondary N) is 2. The molecule has 2 N–H and O–H groups in total. The van der Waals surface area contributed by atoms with Gasteiger partial charge in [0.05, 0.1) is 18.2 Å². The first-order valence-corrected chi connectivity index (χ1v) is 9.43. The smallest absolute Gasteiger partial charge is 0.338 e. The lowest BCUT2D eigenvalue weighted by Crippen LogP contribution is -2.51. The predicted molar refractivity (Wildman–Crippen MR) is 103 cm³/mol. The Hall–Kier alpha value is -2.38. The van der Waals surface area contributed by atoms with Gasteiger partial charge in [0.1, 0.15) is 0 Å². The Morgan fingerprint density at radius 1 is 1.22 bits per heavy atom. The van der Waals surface area contributed by atoms with E-state index in [2.05, 4.69) is 27.5 Å². The number of nitrogens with zero attached hydrogens (tertiary/aromatic N) is 2. The van der Waals surface area contributed by atoms with E-state index in [4.69, 9.17) is 4.74 Å². The summed E-state index contributed by atoms with van der Waals surface area (Å²) in [7, 11) is 2.10. The Bertz CT molecular complexity index is 738. The zero-order chi connectivity index (χ0) is 19.4. The molecule has 0 unspecified atom stereocenters. The maximum atomic E-state index is 12.8. The van der Waals surface area contributed by atoms with Gasteiger partial charge in [0.25, 0.3) is 0 Å². The highest BCUT2D eigenvalue weighted by Crippen LogP contribution is 2.30. The number of carbonyl (C=O) groups is 2. The molecule has 3 rings (SSSR count). The zero-order valence-corrected chi connectivity index (χ0v) is 16.2. The Balaban J connectivity index is 1.97. The van der Waals surface area contributed by atoms with Crippen LogP contribution in [-0.2, 0) is 9.53 Å². The summed E-state index contributed by atoms with van der Waals surface area (Å²) in [6, 6.07) is 6.98. The third kappa shape index (κ3) is 4.48. The summed E-state index contributed by atoms with van der Waals surface area (Å²) in [5, 5.41) is 5.76. The lowest BCUT2D eigenvalue weighted by atomic mass is 9.92. The summed E-state index contributed by atoms with van der Waals surface area (Å²) >= 11 is 0. The Labute approximate surface area is 160 Å². The van der Waals surface area contributed by atoms with Gasteiger partial charge in [-0.2, -0.15) is 0 Å². The zero-order valence-electron chi connectivity index (χ0n) is 16.2. The van der Waals surface area contributed by atoms with Crippen molar-refractivity contribution in [1.82, 2.24) is 20.4 Å². The number of esters is 1. The van der Waals surface area contributed by atoms with Crippen LogP contribution in [0.3, 0.4) is 0 Å². The average Bonchev–Trinajstić information content (AvgIpc) is 2.63. The summed E-state index contributed by atoms with van der Waals surface area (Å²) in [5.74, 6) is -0.387. The first-order valence-electron chi connectivity index (χ1n) is 9.43. The van der Waals surface area contributed by atoms with E-state index in [0.29, 0.717) is 24.4 Å². The van der Waals surface area contributed by atoms with E-state index in [0.717, 1.165) is 37.3 Å². The monoisotopic (exact) mass is 372 g/mol. The van der Waals surface area contributed by atoms with Gasteiger partial charge in [0.15, 0.2) is 0 Å². The molecule has 2 amide bonds. The molecule has 27 heavy (non-hydrogen) atoms. The van der Waals surface area contributed by atoms with Crippen LogP contribution in [0, 0.1) is 6.92 Å². The molecular weight excluding hydrogens is 344 g/mol. The molecule has 0 spiro atoms. The average molecular weight is 372 g/mol. The van der Waals surface area contributed by atoms with Crippen LogP contribution in [0.5, 0.6) is 0 Å². The number of amides is 2. The number of aryl methyl sites for hydroxylation is 1. The molecule has 0 bridgehead atoms. The minimum Gasteiger partial charge on any atom is -0.463 e. The van der Waals surface area contributed by atoms with E-state index < -0.39 is 6.04 Å². The molecule has 2 aliphatic heterocycles. The molecule has 7 heteroatoms. The Morgan fingerprint density at radius 2 is 1.93 bits per heavy atom. The van der Waals surface area contributed by atoms with E-state index in [1.807, 2.05) is 31.2 Å². The molecule has 2 aliphatic rings. The van der Waals surface area contributed by atoms with E-state index in [-0.39, 0.29) is 12.0 Å². The third-order valence-electron chi connectivity index (χ3n) is 5.13. The number of hydrogen-bond acceptors (Lipinski definition) is 5. The van der Waals surface area contributed by atoms with Crippen molar-refractivity contribution >= 4 is 12.0 Å². The minimum absolute atomic E-state index is 0.290. The molecule has 1 aromatic carbocycles. The molecule has 7 nitrogen and oxygen atoms in total. The summed E-state index contributed by atoms with van der Waals surface area (Å²) in [6.45, 7) is 8.31. The van der Waals surface area contributed by atoms with E-state index in [1.165, 1.54) is 0 Å². The number of rotatable bonds is 5. The van der Waals surface area contributed by atoms with Crippen molar-refractivity contribution in [1.29, 1.82) is 0 Å². The number of piperazine rings is 1. The van der Waals surface area contributed by atoms with Crippen molar-refractivity contribution in [3.05, 3.63) is 46.7 Å². The van der Waals surface area contributed by atoms with E-state index in [9.17, 15) is 9.59 Å². The van der Waals surface area contributed by atoms with Crippen molar-refractivity contribution in [2.24, 2.45) is 0 Å². The predicted octanol–water partition coefficient (Wildman–Crippen LogP) is 1.41. The van der Waals surface area contributed by atoms with Gasteiger partial charge < -0.3 is 20.3 Å². The fourth-order valence-electron chi connectivity index (χ4n) is 3.57. The fourth-order valence-corrected chi connectivity index (χ4v) is 3.57. The topological polar surface area (TPSA) is 73.9 Å².